The van der Waals surface area contributed by atoms with Crippen LogP contribution in [0.15, 0.2) is 72.8 Å². The Kier molecular flexibility index (Phi) is 8.68. The minimum Gasteiger partial charge on any atom is -0.455 e. The molecule has 1 heterocycles. The lowest BCUT2D eigenvalue weighted by molar-refractivity contribution is -0.126. The van der Waals surface area contributed by atoms with Crippen molar-refractivity contribution in [3.05, 3.63) is 89.7 Å². The molecule has 3 aromatic rings. The van der Waals surface area contributed by atoms with Gasteiger partial charge in [-0.25, -0.2) is 4.39 Å². The van der Waals surface area contributed by atoms with E-state index in [1.165, 1.54) is 6.07 Å². The lowest BCUT2D eigenvalue weighted by Gasteiger charge is -2.30. The molecule has 0 aliphatic carbocycles. The third-order valence-electron chi connectivity index (χ3n) is 6.39. The smallest absolute Gasteiger partial charge is 0.238 e. The Morgan fingerprint density at radius 1 is 0.972 bits per heavy atom. The van der Waals surface area contributed by atoms with Crippen LogP contribution in [-0.4, -0.2) is 42.9 Å². The third-order valence-corrected chi connectivity index (χ3v) is 6.39. The van der Waals surface area contributed by atoms with Gasteiger partial charge in [0.1, 0.15) is 11.6 Å². The minimum atomic E-state index is -0.248. The van der Waals surface area contributed by atoms with Gasteiger partial charge in [0.2, 0.25) is 11.8 Å². The summed E-state index contributed by atoms with van der Waals surface area (Å²) in [5.41, 5.74) is 2.37. The van der Waals surface area contributed by atoms with Crippen molar-refractivity contribution in [1.29, 1.82) is 0 Å². The van der Waals surface area contributed by atoms with E-state index < -0.39 is 0 Å². The lowest BCUT2D eigenvalue weighted by Crippen LogP contribution is -2.43. The van der Waals surface area contributed by atoms with Gasteiger partial charge in [-0.3, -0.25) is 14.5 Å². The fourth-order valence-electron chi connectivity index (χ4n) is 4.30. The normalized spacial score (nSPS) is 14.3. The van der Waals surface area contributed by atoms with E-state index in [1.54, 1.807) is 18.2 Å². The number of rotatable bonds is 9. The molecule has 3 aromatic carbocycles. The number of piperidine rings is 1. The Hall–Kier alpha value is -3.71. The average molecular weight is 490 g/mol. The van der Waals surface area contributed by atoms with Gasteiger partial charge in [-0.15, -0.1) is 0 Å². The molecule has 2 amide bonds. The van der Waals surface area contributed by atoms with Crippen LogP contribution in [0.3, 0.4) is 0 Å². The fourth-order valence-corrected chi connectivity index (χ4v) is 4.30. The molecule has 4 rings (SSSR count). The maximum atomic E-state index is 13.7. The molecule has 0 bridgehead atoms. The Morgan fingerprint density at radius 2 is 1.67 bits per heavy atom. The van der Waals surface area contributed by atoms with Crippen LogP contribution in [0, 0.1) is 18.7 Å². The van der Waals surface area contributed by atoms with E-state index in [4.69, 9.17) is 4.74 Å². The van der Waals surface area contributed by atoms with E-state index >= 15 is 0 Å². The number of aryl methyl sites for hydroxylation is 1. The van der Waals surface area contributed by atoms with Crippen LogP contribution in [0.5, 0.6) is 11.5 Å². The molecule has 0 spiro atoms. The molecular weight excluding hydrogens is 457 g/mol. The van der Waals surface area contributed by atoms with Crippen molar-refractivity contribution in [3.63, 3.8) is 0 Å². The summed E-state index contributed by atoms with van der Waals surface area (Å²) in [6, 6.07) is 21.7. The first-order valence-electron chi connectivity index (χ1n) is 12.3. The number of para-hydroxylation sites is 2. The van der Waals surface area contributed by atoms with Crippen LogP contribution in [-0.2, 0) is 16.0 Å². The zero-order chi connectivity index (χ0) is 25.3. The molecule has 1 aliphatic heterocycles. The second-order valence-electron chi connectivity index (χ2n) is 9.14. The van der Waals surface area contributed by atoms with Crippen molar-refractivity contribution in [2.45, 2.75) is 26.2 Å². The van der Waals surface area contributed by atoms with Gasteiger partial charge in [0.25, 0.3) is 0 Å². The molecule has 7 heteroatoms. The minimum absolute atomic E-state index is 0.00220. The number of nitrogens with one attached hydrogen (secondary N) is 2. The van der Waals surface area contributed by atoms with Crippen LogP contribution in [0.2, 0.25) is 0 Å². The van der Waals surface area contributed by atoms with Crippen LogP contribution >= 0.6 is 0 Å². The van der Waals surface area contributed by atoms with Crippen LogP contribution in [0.4, 0.5) is 10.1 Å². The Morgan fingerprint density at radius 3 is 2.42 bits per heavy atom. The number of hydrogen-bond donors (Lipinski definition) is 2. The Labute approximate surface area is 211 Å². The molecule has 1 saturated heterocycles. The zero-order valence-corrected chi connectivity index (χ0v) is 20.5. The van der Waals surface area contributed by atoms with Gasteiger partial charge < -0.3 is 15.4 Å². The van der Waals surface area contributed by atoms with Crippen LogP contribution in [0.1, 0.15) is 24.0 Å². The van der Waals surface area contributed by atoms with E-state index in [2.05, 4.69) is 15.5 Å². The summed E-state index contributed by atoms with van der Waals surface area (Å²) < 4.78 is 19.7. The first-order valence-corrected chi connectivity index (χ1v) is 12.3. The highest BCUT2D eigenvalue weighted by Crippen LogP contribution is 2.29. The predicted octanol–water partition coefficient (Wildman–Crippen LogP) is 4.94. The van der Waals surface area contributed by atoms with Crippen LogP contribution < -0.4 is 15.4 Å². The molecular formula is C29H32FN3O3. The van der Waals surface area contributed by atoms with Crippen molar-refractivity contribution in [1.82, 2.24) is 10.2 Å². The Bertz CT molecular complexity index is 1170. The molecule has 0 unspecified atom stereocenters. The number of carbonyl (C=O) groups is 2. The average Bonchev–Trinajstić information content (AvgIpc) is 2.88. The lowest BCUT2D eigenvalue weighted by atomic mass is 9.96. The van der Waals surface area contributed by atoms with Crippen molar-refractivity contribution >= 4 is 17.5 Å². The molecule has 0 atom stereocenters. The van der Waals surface area contributed by atoms with E-state index in [-0.39, 0.29) is 30.1 Å². The predicted molar refractivity (Wildman–Crippen MR) is 139 cm³/mol. The van der Waals surface area contributed by atoms with E-state index in [0.29, 0.717) is 61.6 Å². The summed E-state index contributed by atoms with van der Waals surface area (Å²) in [6.45, 7) is 4.01. The second kappa shape index (κ2) is 12.3. The van der Waals surface area contributed by atoms with Gasteiger partial charge in [-0.05, 0) is 75.2 Å². The number of carbonyl (C=O) groups excluding carboxylic acids is 2. The second-order valence-corrected chi connectivity index (χ2v) is 9.14. The number of halogens is 1. The van der Waals surface area contributed by atoms with Gasteiger partial charge in [-0.1, -0.05) is 48.0 Å². The van der Waals surface area contributed by atoms with Gasteiger partial charge in [0, 0.05) is 12.5 Å². The Balaban J connectivity index is 1.21. The quantitative estimate of drug-likeness (QED) is 0.447. The highest BCUT2D eigenvalue weighted by atomic mass is 19.1. The van der Waals surface area contributed by atoms with Crippen molar-refractivity contribution in [3.8, 4) is 11.5 Å². The summed E-state index contributed by atoms with van der Waals surface area (Å²) in [6.07, 6.45) is 1.84. The SMILES string of the molecule is Cc1ccc(Oc2ccccc2NC(=O)CN2CCC(C(=O)NCCc3ccccc3F)CC2)cc1. The number of likely N-dealkylation sites (tertiary alicyclic amines) is 1. The summed E-state index contributed by atoms with van der Waals surface area (Å²) in [5, 5.41) is 5.88. The van der Waals surface area contributed by atoms with Crippen molar-refractivity contribution in [2.75, 3.05) is 31.5 Å². The summed E-state index contributed by atoms with van der Waals surface area (Å²) in [7, 11) is 0. The summed E-state index contributed by atoms with van der Waals surface area (Å²) in [4.78, 5) is 27.3. The number of ether oxygens (including phenoxy) is 1. The molecule has 1 aliphatic rings. The largest absolute Gasteiger partial charge is 0.455 e. The van der Waals surface area contributed by atoms with Crippen molar-refractivity contribution < 1.29 is 18.7 Å². The topological polar surface area (TPSA) is 70.7 Å². The molecule has 1 fully saturated rings. The molecule has 36 heavy (non-hydrogen) atoms. The summed E-state index contributed by atoms with van der Waals surface area (Å²) >= 11 is 0. The first kappa shape index (κ1) is 25.4. The maximum absolute atomic E-state index is 13.7. The van der Waals surface area contributed by atoms with Gasteiger partial charge in [0.15, 0.2) is 5.75 Å². The zero-order valence-electron chi connectivity index (χ0n) is 20.5. The molecule has 188 valence electrons. The standard InChI is InChI=1S/C29H32FN3O3/c1-21-10-12-24(13-11-21)36-27-9-5-4-8-26(27)32-28(34)20-33-18-15-23(16-19-33)29(35)31-17-14-22-6-2-3-7-25(22)30/h2-13,23H,14-20H2,1H3,(H,31,35)(H,32,34). The van der Waals surface area contributed by atoms with E-state index in [9.17, 15) is 14.0 Å². The molecule has 0 radical (unpaired) electrons. The first-order chi connectivity index (χ1) is 17.5. The van der Waals surface area contributed by atoms with Crippen LogP contribution in [0.25, 0.3) is 0 Å². The van der Waals surface area contributed by atoms with Gasteiger partial charge >= 0.3 is 0 Å². The number of amides is 2. The molecule has 6 nitrogen and oxygen atoms in total. The van der Waals surface area contributed by atoms with E-state index in [1.807, 2.05) is 55.5 Å². The third kappa shape index (κ3) is 7.15. The fraction of sp³-hybridized carbons (Fsp3) is 0.310. The monoisotopic (exact) mass is 489 g/mol. The molecule has 2 N–H and O–H groups in total. The molecule has 0 aromatic heterocycles. The highest BCUT2D eigenvalue weighted by Gasteiger charge is 2.26. The number of anilines is 1. The number of hydrogen-bond acceptors (Lipinski definition) is 4. The van der Waals surface area contributed by atoms with E-state index in [0.717, 1.165) is 5.56 Å². The summed E-state index contributed by atoms with van der Waals surface area (Å²) in [5.74, 6) is 0.827. The van der Waals surface area contributed by atoms with Crippen molar-refractivity contribution in [2.24, 2.45) is 5.92 Å². The van der Waals surface area contributed by atoms with Gasteiger partial charge in [0.05, 0.1) is 12.2 Å². The maximum Gasteiger partial charge on any atom is 0.238 e. The highest BCUT2D eigenvalue weighted by molar-refractivity contribution is 5.93. The molecule has 0 saturated carbocycles. The van der Waals surface area contributed by atoms with Gasteiger partial charge in [-0.2, -0.15) is 0 Å². The number of nitrogens with zero attached hydrogens (tertiary/aromatic N) is 1. The number of benzene rings is 3.